The number of hydrogen-bond acceptors (Lipinski definition) is 3. The summed E-state index contributed by atoms with van der Waals surface area (Å²) in [5.41, 5.74) is 4.27. The van der Waals surface area contributed by atoms with E-state index in [0.717, 1.165) is 5.56 Å². The second kappa shape index (κ2) is 7.31. The zero-order chi connectivity index (χ0) is 14.3. The number of likely N-dealkylation sites (N-methyl/N-ethyl adjacent to an activating group) is 1. The summed E-state index contributed by atoms with van der Waals surface area (Å²) in [6.07, 6.45) is 1.50. The molecule has 0 aliphatic rings. The maximum atomic E-state index is 11.2. The first-order chi connectivity index (χ1) is 9.04. The first-order valence-electron chi connectivity index (χ1n) is 6.25. The molecule has 0 unspecified atom stereocenters. The maximum absolute atomic E-state index is 11.2. The van der Waals surface area contributed by atoms with Crippen LogP contribution in [0.3, 0.4) is 0 Å². The van der Waals surface area contributed by atoms with Gasteiger partial charge in [0.2, 0.25) is 0 Å². The van der Waals surface area contributed by atoms with E-state index in [9.17, 15) is 9.59 Å². The molecule has 1 rings (SSSR count). The molecule has 0 aliphatic heterocycles. The highest BCUT2D eigenvalue weighted by Gasteiger charge is 2.09. The van der Waals surface area contributed by atoms with E-state index >= 15 is 0 Å². The quantitative estimate of drug-likeness (QED) is 0.488. The summed E-state index contributed by atoms with van der Waals surface area (Å²) in [6, 6.07) is 7.85. The predicted molar refractivity (Wildman–Crippen MR) is 75.0 cm³/mol. The largest absolute Gasteiger partial charge is 0.348 e. The fraction of sp³-hybridized carbons (Fsp3) is 0.357. The molecule has 0 atom stereocenters. The van der Waals surface area contributed by atoms with Crippen molar-refractivity contribution in [3.8, 4) is 0 Å². The van der Waals surface area contributed by atoms with Crippen LogP contribution in [0.25, 0.3) is 0 Å². The van der Waals surface area contributed by atoms with Crippen LogP contribution in [0.1, 0.15) is 37.8 Å². The fourth-order valence-corrected chi connectivity index (χ4v) is 1.42. The van der Waals surface area contributed by atoms with Gasteiger partial charge in [0.15, 0.2) is 0 Å². The average molecular weight is 261 g/mol. The van der Waals surface area contributed by atoms with Gasteiger partial charge in [0.25, 0.3) is 0 Å². The Hall–Kier alpha value is -2.17. The molecule has 2 N–H and O–H groups in total. The number of rotatable bonds is 4. The average Bonchev–Trinajstić information content (AvgIpc) is 2.39. The molecule has 0 saturated heterocycles. The first kappa shape index (κ1) is 14.9. The fourth-order valence-electron chi connectivity index (χ4n) is 1.42. The number of benzene rings is 1. The van der Waals surface area contributed by atoms with E-state index in [2.05, 4.69) is 29.7 Å². The van der Waals surface area contributed by atoms with E-state index in [4.69, 9.17) is 0 Å². The Morgan fingerprint density at radius 3 is 2.37 bits per heavy atom. The summed E-state index contributed by atoms with van der Waals surface area (Å²) in [7, 11) is 0. The molecular formula is C14H19N3O2. The monoisotopic (exact) mass is 261 g/mol. The highest BCUT2D eigenvalue weighted by molar-refractivity contribution is 6.35. The Bertz CT molecular complexity index is 464. The van der Waals surface area contributed by atoms with Crippen LogP contribution in [0.2, 0.25) is 0 Å². The summed E-state index contributed by atoms with van der Waals surface area (Å²) in [5, 5.41) is 6.12. The van der Waals surface area contributed by atoms with Crippen molar-refractivity contribution < 1.29 is 9.59 Å². The van der Waals surface area contributed by atoms with Crippen LogP contribution in [0.15, 0.2) is 29.4 Å². The van der Waals surface area contributed by atoms with Crippen molar-refractivity contribution in [3.05, 3.63) is 35.4 Å². The minimum absolute atomic E-state index is 0.409. The Balaban J connectivity index is 2.53. The molecule has 102 valence electrons. The van der Waals surface area contributed by atoms with Crippen molar-refractivity contribution in [3.63, 3.8) is 0 Å². The SMILES string of the molecule is CCNC(=O)C(=O)N/N=C\c1ccc(C(C)C)cc1. The number of hydrogen-bond donors (Lipinski definition) is 2. The Morgan fingerprint density at radius 1 is 1.21 bits per heavy atom. The smallest absolute Gasteiger partial charge is 0.329 e. The van der Waals surface area contributed by atoms with E-state index < -0.39 is 11.8 Å². The van der Waals surface area contributed by atoms with Gasteiger partial charge >= 0.3 is 11.8 Å². The van der Waals surface area contributed by atoms with Gasteiger partial charge in [-0.2, -0.15) is 5.10 Å². The van der Waals surface area contributed by atoms with Crippen LogP contribution in [0, 0.1) is 0 Å². The van der Waals surface area contributed by atoms with Crippen molar-refractivity contribution in [2.45, 2.75) is 26.7 Å². The molecule has 0 spiro atoms. The summed E-state index contributed by atoms with van der Waals surface area (Å²) >= 11 is 0. The summed E-state index contributed by atoms with van der Waals surface area (Å²) in [4.78, 5) is 22.3. The second-order valence-electron chi connectivity index (χ2n) is 4.38. The molecule has 0 bridgehead atoms. The third-order valence-electron chi connectivity index (χ3n) is 2.53. The molecule has 19 heavy (non-hydrogen) atoms. The number of amides is 2. The molecule has 0 aliphatic carbocycles. The maximum Gasteiger partial charge on any atom is 0.329 e. The van der Waals surface area contributed by atoms with E-state index in [1.165, 1.54) is 11.8 Å². The molecule has 0 saturated carbocycles. The topological polar surface area (TPSA) is 70.6 Å². The lowest BCUT2D eigenvalue weighted by Gasteiger charge is -2.04. The van der Waals surface area contributed by atoms with Gasteiger partial charge in [-0.05, 0) is 24.0 Å². The van der Waals surface area contributed by atoms with Crippen LogP contribution in [0.5, 0.6) is 0 Å². The molecule has 5 nitrogen and oxygen atoms in total. The van der Waals surface area contributed by atoms with Gasteiger partial charge in [0.05, 0.1) is 6.21 Å². The molecule has 5 heteroatoms. The molecular weight excluding hydrogens is 242 g/mol. The Kier molecular flexibility index (Phi) is 5.73. The number of nitrogens with one attached hydrogen (secondary N) is 2. The number of carbonyl (C=O) groups is 2. The van der Waals surface area contributed by atoms with E-state index in [1.807, 2.05) is 24.3 Å². The lowest BCUT2D eigenvalue weighted by atomic mass is 10.0. The van der Waals surface area contributed by atoms with Crippen LogP contribution in [-0.2, 0) is 9.59 Å². The lowest BCUT2D eigenvalue weighted by molar-refractivity contribution is -0.139. The highest BCUT2D eigenvalue weighted by Crippen LogP contribution is 2.13. The third kappa shape index (κ3) is 4.91. The van der Waals surface area contributed by atoms with Crippen molar-refractivity contribution in [2.24, 2.45) is 5.10 Å². The molecule has 0 fully saturated rings. The summed E-state index contributed by atoms with van der Waals surface area (Å²) in [5.74, 6) is -0.977. The van der Waals surface area contributed by atoms with Crippen molar-refractivity contribution in [1.82, 2.24) is 10.7 Å². The summed E-state index contributed by atoms with van der Waals surface area (Å²) < 4.78 is 0. The van der Waals surface area contributed by atoms with Gasteiger partial charge in [-0.15, -0.1) is 0 Å². The van der Waals surface area contributed by atoms with E-state index in [1.54, 1.807) is 6.92 Å². The number of carbonyl (C=O) groups excluding carboxylic acids is 2. The predicted octanol–water partition coefficient (Wildman–Crippen LogP) is 1.40. The Morgan fingerprint density at radius 2 is 1.84 bits per heavy atom. The van der Waals surface area contributed by atoms with Crippen molar-refractivity contribution >= 4 is 18.0 Å². The molecule has 0 aromatic heterocycles. The number of nitrogens with zero attached hydrogens (tertiary/aromatic N) is 1. The minimum atomic E-state index is -0.767. The minimum Gasteiger partial charge on any atom is -0.348 e. The lowest BCUT2D eigenvalue weighted by Crippen LogP contribution is -2.37. The highest BCUT2D eigenvalue weighted by atomic mass is 16.2. The molecule has 0 heterocycles. The molecule has 1 aromatic rings. The van der Waals surface area contributed by atoms with E-state index in [0.29, 0.717) is 12.5 Å². The van der Waals surface area contributed by atoms with Crippen LogP contribution in [0.4, 0.5) is 0 Å². The molecule has 1 aromatic carbocycles. The van der Waals surface area contributed by atoms with Crippen molar-refractivity contribution in [2.75, 3.05) is 6.54 Å². The zero-order valence-corrected chi connectivity index (χ0v) is 11.4. The van der Waals surface area contributed by atoms with Gasteiger partial charge in [-0.25, -0.2) is 5.43 Å². The van der Waals surface area contributed by atoms with Gasteiger partial charge in [0.1, 0.15) is 0 Å². The third-order valence-corrected chi connectivity index (χ3v) is 2.53. The second-order valence-corrected chi connectivity index (χ2v) is 4.38. The molecule has 2 amide bonds. The van der Waals surface area contributed by atoms with Gasteiger partial charge in [-0.1, -0.05) is 38.1 Å². The summed E-state index contributed by atoms with van der Waals surface area (Å²) in [6.45, 7) is 6.39. The first-order valence-corrected chi connectivity index (χ1v) is 6.25. The van der Waals surface area contributed by atoms with Crippen LogP contribution >= 0.6 is 0 Å². The normalized spacial score (nSPS) is 10.7. The molecule has 0 radical (unpaired) electrons. The van der Waals surface area contributed by atoms with Crippen LogP contribution < -0.4 is 10.7 Å². The van der Waals surface area contributed by atoms with Gasteiger partial charge < -0.3 is 5.32 Å². The Labute approximate surface area is 113 Å². The number of hydrazone groups is 1. The van der Waals surface area contributed by atoms with Crippen molar-refractivity contribution in [1.29, 1.82) is 0 Å². The standard InChI is InChI=1S/C14H19N3O2/c1-4-15-13(18)14(19)17-16-9-11-5-7-12(8-6-11)10(2)3/h5-10H,4H2,1-3H3,(H,15,18)(H,17,19)/b16-9-. The van der Waals surface area contributed by atoms with Gasteiger partial charge in [-0.3, -0.25) is 9.59 Å². The van der Waals surface area contributed by atoms with Gasteiger partial charge in [0, 0.05) is 6.54 Å². The zero-order valence-electron chi connectivity index (χ0n) is 11.4. The van der Waals surface area contributed by atoms with E-state index in [-0.39, 0.29) is 0 Å². The van der Waals surface area contributed by atoms with Crippen LogP contribution in [-0.4, -0.2) is 24.6 Å².